The van der Waals surface area contributed by atoms with Gasteiger partial charge in [-0.2, -0.15) is 0 Å². The van der Waals surface area contributed by atoms with Gasteiger partial charge in [0.1, 0.15) is 5.75 Å². The lowest BCUT2D eigenvalue weighted by molar-refractivity contribution is -0.123. The molecule has 0 aromatic heterocycles. The zero-order chi connectivity index (χ0) is 21.3. The number of hydrogen-bond donors (Lipinski definition) is 2. The van der Waals surface area contributed by atoms with Crippen LogP contribution in [-0.4, -0.2) is 27.5 Å². The van der Waals surface area contributed by atoms with Crippen LogP contribution in [0, 0.1) is 0 Å². The predicted octanol–water partition coefficient (Wildman–Crippen LogP) is 4.06. The van der Waals surface area contributed by atoms with Gasteiger partial charge in [0.2, 0.25) is 10.0 Å². The number of nitrogens with one attached hydrogen (secondary N) is 2. The molecule has 0 heterocycles. The number of carbonyl (C=O) groups is 1. The standard InChI is InChI=1S/C21H27ClN2O4S/c1-3-4-8-13-23-21(25)15-28-20-12-11-18(14-19(20)22)29(26,27)24-16(2)17-9-6-5-7-10-17/h5-7,9-12,14,16,24H,3-4,8,13,15H2,1-2H3,(H,23,25)/t16-/m1/s1. The Morgan fingerprint density at radius 2 is 1.86 bits per heavy atom. The maximum absolute atomic E-state index is 12.6. The summed E-state index contributed by atoms with van der Waals surface area (Å²) in [7, 11) is -3.76. The Hall–Kier alpha value is -2.09. The van der Waals surface area contributed by atoms with Crippen LogP contribution in [0.5, 0.6) is 5.75 Å². The highest BCUT2D eigenvalue weighted by Crippen LogP contribution is 2.28. The molecule has 0 saturated heterocycles. The molecule has 0 saturated carbocycles. The smallest absolute Gasteiger partial charge is 0.257 e. The molecule has 2 aromatic rings. The minimum absolute atomic E-state index is 0.0293. The van der Waals surface area contributed by atoms with E-state index in [0.717, 1.165) is 24.8 Å². The molecule has 0 spiro atoms. The summed E-state index contributed by atoms with van der Waals surface area (Å²) in [6.45, 7) is 4.28. The fourth-order valence-electron chi connectivity index (χ4n) is 2.67. The Kier molecular flexibility index (Phi) is 8.95. The van der Waals surface area contributed by atoms with E-state index in [-0.39, 0.29) is 28.2 Å². The fraction of sp³-hybridized carbons (Fsp3) is 0.381. The summed E-state index contributed by atoms with van der Waals surface area (Å²) in [6.07, 6.45) is 3.06. The Labute approximate surface area is 177 Å². The van der Waals surface area contributed by atoms with E-state index in [1.54, 1.807) is 6.92 Å². The van der Waals surface area contributed by atoms with Crippen molar-refractivity contribution in [3.05, 3.63) is 59.1 Å². The van der Waals surface area contributed by atoms with Crippen molar-refractivity contribution < 1.29 is 17.9 Å². The molecule has 0 bridgehead atoms. The van der Waals surface area contributed by atoms with Crippen LogP contribution in [0.1, 0.15) is 44.7 Å². The first-order valence-electron chi connectivity index (χ1n) is 9.60. The number of ether oxygens (including phenoxy) is 1. The van der Waals surface area contributed by atoms with Crippen LogP contribution < -0.4 is 14.8 Å². The largest absolute Gasteiger partial charge is 0.482 e. The molecule has 0 unspecified atom stereocenters. The average molecular weight is 439 g/mol. The van der Waals surface area contributed by atoms with E-state index in [0.29, 0.717) is 6.54 Å². The molecular weight excluding hydrogens is 412 g/mol. The molecule has 2 N–H and O–H groups in total. The van der Waals surface area contributed by atoms with Gasteiger partial charge in [-0.05, 0) is 37.1 Å². The van der Waals surface area contributed by atoms with E-state index in [1.165, 1.54) is 18.2 Å². The molecule has 0 radical (unpaired) electrons. The van der Waals surface area contributed by atoms with Crippen molar-refractivity contribution in [1.29, 1.82) is 0 Å². The topological polar surface area (TPSA) is 84.5 Å². The van der Waals surface area contributed by atoms with Crippen LogP contribution in [0.25, 0.3) is 0 Å². The van der Waals surface area contributed by atoms with Crippen molar-refractivity contribution in [2.75, 3.05) is 13.2 Å². The number of hydrogen-bond acceptors (Lipinski definition) is 4. The van der Waals surface area contributed by atoms with Gasteiger partial charge in [-0.15, -0.1) is 0 Å². The Bertz CT molecular complexity index is 904. The second-order valence-corrected chi connectivity index (χ2v) is 8.81. The van der Waals surface area contributed by atoms with Crippen LogP contribution in [0.3, 0.4) is 0 Å². The molecule has 29 heavy (non-hydrogen) atoms. The van der Waals surface area contributed by atoms with E-state index in [4.69, 9.17) is 16.3 Å². The number of amides is 1. The second kappa shape index (κ2) is 11.2. The Morgan fingerprint density at radius 3 is 2.52 bits per heavy atom. The van der Waals surface area contributed by atoms with Gasteiger partial charge in [0, 0.05) is 12.6 Å². The predicted molar refractivity (Wildman–Crippen MR) is 115 cm³/mol. The maximum atomic E-state index is 12.6. The van der Waals surface area contributed by atoms with Gasteiger partial charge < -0.3 is 10.1 Å². The van der Waals surface area contributed by atoms with Crippen LogP contribution >= 0.6 is 11.6 Å². The van der Waals surface area contributed by atoms with Gasteiger partial charge in [-0.3, -0.25) is 4.79 Å². The van der Waals surface area contributed by atoms with Crippen molar-refractivity contribution in [3.63, 3.8) is 0 Å². The summed E-state index contributed by atoms with van der Waals surface area (Å²) >= 11 is 6.17. The van der Waals surface area contributed by atoms with Crippen molar-refractivity contribution in [3.8, 4) is 5.75 Å². The van der Waals surface area contributed by atoms with Gasteiger partial charge in [-0.1, -0.05) is 61.7 Å². The van der Waals surface area contributed by atoms with Crippen molar-refractivity contribution >= 4 is 27.5 Å². The van der Waals surface area contributed by atoms with E-state index in [1.807, 2.05) is 30.3 Å². The molecule has 8 heteroatoms. The second-order valence-electron chi connectivity index (χ2n) is 6.69. The summed E-state index contributed by atoms with van der Waals surface area (Å²) in [4.78, 5) is 11.8. The number of sulfonamides is 1. The van der Waals surface area contributed by atoms with E-state index < -0.39 is 16.1 Å². The third kappa shape index (κ3) is 7.34. The fourth-order valence-corrected chi connectivity index (χ4v) is 4.23. The number of halogens is 1. The van der Waals surface area contributed by atoms with Crippen molar-refractivity contribution in [1.82, 2.24) is 10.0 Å². The van der Waals surface area contributed by atoms with Crippen LogP contribution in [0.15, 0.2) is 53.4 Å². The lowest BCUT2D eigenvalue weighted by Gasteiger charge is -2.15. The van der Waals surface area contributed by atoms with Gasteiger partial charge in [0.05, 0.1) is 9.92 Å². The SMILES string of the molecule is CCCCCNC(=O)COc1ccc(S(=O)(=O)N[C@H](C)c2ccccc2)cc1Cl. The summed E-state index contributed by atoms with van der Waals surface area (Å²) in [5.41, 5.74) is 0.854. The highest BCUT2D eigenvalue weighted by Gasteiger charge is 2.20. The zero-order valence-corrected chi connectivity index (χ0v) is 18.2. The van der Waals surface area contributed by atoms with Crippen molar-refractivity contribution in [2.24, 2.45) is 0 Å². The van der Waals surface area contributed by atoms with Gasteiger partial charge >= 0.3 is 0 Å². The molecule has 0 aliphatic carbocycles. The third-order valence-electron chi connectivity index (χ3n) is 4.31. The summed E-state index contributed by atoms with van der Waals surface area (Å²) in [5.74, 6) is 0.0117. The quantitative estimate of drug-likeness (QED) is 0.518. The minimum Gasteiger partial charge on any atom is -0.482 e. The molecule has 0 aliphatic heterocycles. The number of rotatable bonds is 11. The molecule has 6 nitrogen and oxygen atoms in total. The number of carbonyl (C=O) groups excluding carboxylic acids is 1. The monoisotopic (exact) mass is 438 g/mol. The molecule has 0 aliphatic rings. The molecular formula is C21H27ClN2O4S. The summed E-state index contributed by atoms with van der Waals surface area (Å²) in [6, 6.07) is 13.0. The van der Waals surface area contributed by atoms with E-state index in [9.17, 15) is 13.2 Å². The Morgan fingerprint density at radius 1 is 1.14 bits per heavy atom. The lowest BCUT2D eigenvalue weighted by Crippen LogP contribution is -2.29. The highest BCUT2D eigenvalue weighted by molar-refractivity contribution is 7.89. The first kappa shape index (κ1) is 23.2. The molecule has 2 rings (SSSR count). The third-order valence-corrected chi connectivity index (χ3v) is 6.14. The molecule has 158 valence electrons. The maximum Gasteiger partial charge on any atom is 0.257 e. The molecule has 2 aromatic carbocycles. The highest BCUT2D eigenvalue weighted by atomic mass is 35.5. The zero-order valence-electron chi connectivity index (χ0n) is 16.7. The average Bonchev–Trinajstić information content (AvgIpc) is 2.70. The van der Waals surface area contributed by atoms with Crippen LogP contribution in [0.4, 0.5) is 0 Å². The van der Waals surface area contributed by atoms with Crippen LogP contribution in [0.2, 0.25) is 5.02 Å². The Balaban J connectivity index is 1.96. The summed E-state index contributed by atoms with van der Waals surface area (Å²) in [5, 5.41) is 2.89. The first-order chi connectivity index (χ1) is 13.8. The number of unbranched alkanes of at least 4 members (excludes halogenated alkanes) is 2. The molecule has 1 atom stereocenters. The first-order valence-corrected chi connectivity index (χ1v) is 11.5. The van der Waals surface area contributed by atoms with E-state index >= 15 is 0 Å². The minimum atomic E-state index is -3.76. The van der Waals surface area contributed by atoms with Crippen LogP contribution in [-0.2, 0) is 14.8 Å². The molecule has 1 amide bonds. The summed E-state index contributed by atoms with van der Waals surface area (Å²) < 4.78 is 33.3. The number of benzene rings is 2. The normalized spacial score (nSPS) is 12.4. The van der Waals surface area contributed by atoms with Crippen molar-refractivity contribution in [2.45, 2.75) is 44.0 Å². The lowest BCUT2D eigenvalue weighted by atomic mass is 10.1. The van der Waals surface area contributed by atoms with Gasteiger partial charge in [0.15, 0.2) is 6.61 Å². The van der Waals surface area contributed by atoms with Gasteiger partial charge in [-0.25, -0.2) is 13.1 Å². The van der Waals surface area contributed by atoms with E-state index in [2.05, 4.69) is 17.0 Å². The van der Waals surface area contributed by atoms with Gasteiger partial charge in [0.25, 0.3) is 5.91 Å². The molecule has 0 fully saturated rings.